The lowest BCUT2D eigenvalue weighted by Gasteiger charge is -2.34. The van der Waals surface area contributed by atoms with Crippen LogP contribution in [0.4, 0.5) is 4.79 Å². The zero-order valence-corrected chi connectivity index (χ0v) is 12.1. The second-order valence-electron chi connectivity index (χ2n) is 5.52. The smallest absolute Gasteiger partial charge is 0.317 e. The van der Waals surface area contributed by atoms with Gasteiger partial charge in [0.2, 0.25) is 0 Å². The van der Waals surface area contributed by atoms with Gasteiger partial charge in [0, 0.05) is 24.6 Å². The number of amides is 2. The van der Waals surface area contributed by atoms with Crippen LogP contribution >= 0.6 is 11.8 Å². The Kier molecular flexibility index (Phi) is 4.96. The van der Waals surface area contributed by atoms with Gasteiger partial charge in [-0.05, 0) is 24.7 Å². The van der Waals surface area contributed by atoms with E-state index in [0.29, 0.717) is 19.0 Å². The van der Waals surface area contributed by atoms with E-state index in [1.54, 1.807) is 16.7 Å². The Morgan fingerprint density at radius 1 is 1.47 bits per heavy atom. The molecule has 0 aromatic heterocycles. The third-order valence-electron chi connectivity index (χ3n) is 3.90. The van der Waals surface area contributed by atoms with E-state index in [2.05, 4.69) is 12.2 Å². The van der Waals surface area contributed by atoms with E-state index >= 15 is 0 Å². The zero-order valence-electron chi connectivity index (χ0n) is 11.3. The Morgan fingerprint density at radius 3 is 2.84 bits per heavy atom. The Labute approximate surface area is 118 Å². The molecule has 0 aromatic carbocycles. The van der Waals surface area contributed by atoms with Crippen LogP contribution in [-0.4, -0.2) is 52.6 Å². The first kappa shape index (κ1) is 14.5. The Bertz CT molecular complexity index is 347. The number of aliphatic carboxylic acids is 1. The largest absolute Gasteiger partial charge is 0.481 e. The van der Waals surface area contributed by atoms with Gasteiger partial charge in [-0.2, -0.15) is 11.8 Å². The third-order valence-corrected chi connectivity index (χ3v) is 4.99. The number of carboxylic acid groups (broad SMARTS) is 1. The van der Waals surface area contributed by atoms with Crippen molar-refractivity contribution in [3.05, 3.63) is 0 Å². The molecule has 0 aromatic rings. The van der Waals surface area contributed by atoms with Gasteiger partial charge in [0.1, 0.15) is 0 Å². The van der Waals surface area contributed by atoms with Gasteiger partial charge in [-0.1, -0.05) is 6.92 Å². The number of urea groups is 1. The topological polar surface area (TPSA) is 69.6 Å². The number of rotatable bonds is 5. The molecule has 2 unspecified atom stereocenters. The van der Waals surface area contributed by atoms with E-state index < -0.39 is 5.97 Å². The van der Waals surface area contributed by atoms with E-state index in [4.69, 9.17) is 5.11 Å². The number of hydrogen-bond donors (Lipinski definition) is 2. The summed E-state index contributed by atoms with van der Waals surface area (Å²) < 4.78 is 0. The normalized spacial score (nSPS) is 24.9. The summed E-state index contributed by atoms with van der Waals surface area (Å²) in [5, 5.41) is 11.9. The van der Waals surface area contributed by atoms with E-state index in [1.165, 1.54) is 12.8 Å². The summed E-state index contributed by atoms with van der Waals surface area (Å²) in [6, 6.07) is -0.272. The molecule has 0 bridgehead atoms. The summed E-state index contributed by atoms with van der Waals surface area (Å²) in [5.41, 5.74) is 0. The predicted octanol–water partition coefficient (Wildman–Crippen LogP) is 1.63. The van der Waals surface area contributed by atoms with Crippen LogP contribution in [0.3, 0.4) is 0 Å². The van der Waals surface area contributed by atoms with Crippen LogP contribution in [-0.2, 0) is 4.79 Å². The summed E-state index contributed by atoms with van der Waals surface area (Å²) in [6.07, 6.45) is 2.59. The molecule has 108 valence electrons. The molecule has 5 nitrogen and oxygen atoms in total. The second kappa shape index (κ2) is 6.50. The standard InChI is InChI=1S/C13H22N2O3S/c1-9(10-2-3-10)7-14-13(18)15-4-5-19-8-11(15)6-12(16)17/h9-11H,2-8H2,1H3,(H,14,18)(H,16,17). The number of carbonyl (C=O) groups excluding carboxylic acids is 1. The predicted molar refractivity (Wildman–Crippen MR) is 75.4 cm³/mol. The van der Waals surface area contributed by atoms with Crippen molar-refractivity contribution in [3.8, 4) is 0 Å². The highest BCUT2D eigenvalue weighted by atomic mass is 32.2. The van der Waals surface area contributed by atoms with E-state index in [-0.39, 0.29) is 18.5 Å². The fourth-order valence-corrected chi connectivity index (χ4v) is 3.54. The summed E-state index contributed by atoms with van der Waals surface area (Å²) in [6.45, 7) is 3.51. The summed E-state index contributed by atoms with van der Waals surface area (Å²) in [7, 11) is 0. The van der Waals surface area contributed by atoms with Crippen molar-refractivity contribution in [1.82, 2.24) is 10.2 Å². The van der Waals surface area contributed by atoms with Crippen molar-refractivity contribution in [2.45, 2.75) is 32.2 Å². The molecule has 2 rings (SSSR count). The number of carboxylic acids is 1. The van der Waals surface area contributed by atoms with Crippen LogP contribution in [0.2, 0.25) is 0 Å². The molecule has 1 saturated carbocycles. The number of nitrogens with one attached hydrogen (secondary N) is 1. The first-order valence-corrected chi connectivity index (χ1v) is 8.07. The van der Waals surface area contributed by atoms with Crippen molar-refractivity contribution in [3.63, 3.8) is 0 Å². The fourth-order valence-electron chi connectivity index (χ4n) is 2.47. The molecular weight excluding hydrogens is 264 g/mol. The molecule has 1 heterocycles. The van der Waals surface area contributed by atoms with Crippen LogP contribution < -0.4 is 5.32 Å². The van der Waals surface area contributed by atoms with Gasteiger partial charge in [-0.3, -0.25) is 4.79 Å². The van der Waals surface area contributed by atoms with E-state index in [0.717, 1.165) is 17.4 Å². The van der Waals surface area contributed by atoms with Gasteiger partial charge in [0.15, 0.2) is 0 Å². The maximum atomic E-state index is 12.2. The number of carbonyl (C=O) groups is 2. The summed E-state index contributed by atoms with van der Waals surface area (Å²) >= 11 is 1.72. The minimum Gasteiger partial charge on any atom is -0.481 e. The zero-order chi connectivity index (χ0) is 13.8. The van der Waals surface area contributed by atoms with Crippen molar-refractivity contribution in [1.29, 1.82) is 0 Å². The average molecular weight is 286 g/mol. The highest BCUT2D eigenvalue weighted by molar-refractivity contribution is 7.99. The summed E-state index contributed by atoms with van der Waals surface area (Å²) in [5.74, 6) is 2.07. The highest BCUT2D eigenvalue weighted by Crippen LogP contribution is 2.36. The molecule has 2 fully saturated rings. The lowest BCUT2D eigenvalue weighted by atomic mass is 10.1. The minimum absolute atomic E-state index is 0.0403. The van der Waals surface area contributed by atoms with Crippen LogP contribution in [0.15, 0.2) is 0 Å². The molecule has 6 heteroatoms. The van der Waals surface area contributed by atoms with Gasteiger partial charge in [0.05, 0.1) is 12.5 Å². The maximum absolute atomic E-state index is 12.2. The van der Waals surface area contributed by atoms with Gasteiger partial charge in [-0.15, -0.1) is 0 Å². The molecule has 2 atom stereocenters. The van der Waals surface area contributed by atoms with Crippen molar-refractivity contribution >= 4 is 23.8 Å². The van der Waals surface area contributed by atoms with Crippen LogP contribution in [0.25, 0.3) is 0 Å². The molecule has 2 aliphatic rings. The molecule has 2 N–H and O–H groups in total. The molecule has 0 spiro atoms. The van der Waals surface area contributed by atoms with Gasteiger partial charge >= 0.3 is 12.0 Å². The van der Waals surface area contributed by atoms with Gasteiger partial charge in [-0.25, -0.2) is 4.79 Å². The molecule has 19 heavy (non-hydrogen) atoms. The Hall–Kier alpha value is -0.910. The third kappa shape index (κ3) is 4.30. The maximum Gasteiger partial charge on any atom is 0.317 e. The van der Waals surface area contributed by atoms with E-state index in [9.17, 15) is 9.59 Å². The molecule has 2 amide bonds. The first-order chi connectivity index (χ1) is 9.08. The number of nitrogens with zero attached hydrogens (tertiary/aromatic N) is 1. The fraction of sp³-hybridized carbons (Fsp3) is 0.846. The lowest BCUT2D eigenvalue weighted by molar-refractivity contribution is -0.137. The monoisotopic (exact) mass is 286 g/mol. The lowest BCUT2D eigenvalue weighted by Crippen LogP contribution is -2.51. The van der Waals surface area contributed by atoms with Crippen molar-refractivity contribution < 1.29 is 14.7 Å². The van der Waals surface area contributed by atoms with Crippen molar-refractivity contribution in [2.75, 3.05) is 24.6 Å². The number of hydrogen-bond acceptors (Lipinski definition) is 3. The summed E-state index contributed by atoms with van der Waals surface area (Å²) in [4.78, 5) is 24.7. The van der Waals surface area contributed by atoms with Crippen molar-refractivity contribution in [2.24, 2.45) is 11.8 Å². The quantitative estimate of drug-likeness (QED) is 0.806. The highest BCUT2D eigenvalue weighted by Gasteiger charge is 2.31. The molecule has 0 radical (unpaired) electrons. The molecule has 1 saturated heterocycles. The minimum atomic E-state index is -0.836. The average Bonchev–Trinajstić information content (AvgIpc) is 3.19. The van der Waals surface area contributed by atoms with Crippen LogP contribution in [0, 0.1) is 11.8 Å². The Morgan fingerprint density at radius 2 is 2.21 bits per heavy atom. The molecular formula is C13H22N2O3S. The molecule has 1 aliphatic carbocycles. The Balaban J connectivity index is 1.81. The van der Waals surface area contributed by atoms with Crippen LogP contribution in [0.1, 0.15) is 26.2 Å². The molecule has 1 aliphatic heterocycles. The number of thioether (sulfide) groups is 1. The van der Waals surface area contributed by atoms with E-state index in [1.807, 2.05) is 0 Å². The second-order valence-corrected chi connectivity index (χ2v) is 6.67. The SMILES string of the molecule is CC(CNC(=O)N1CCSCC1CC(=O)O)C1CC1. The van der Waals surface area contributed by atoms with Gasteiger partial charge < -0.3 is 15.3 Å². The van der Waals surface area contributed by atoms with Crippen LogP contribution in [0.5, 0.6) is 0 Å². The van der Waals surface area contributed by atoms with Gasteiger partial charge in [0.25, 0.3) is 0 Å². The first-order valence-electron chi connectivity index (χ1n) is 6.92.